The van der Waals surface area contributed by atoms with Crippen molar-refractivity contribution in [3.8, 4) is 11.3 Å². The second-order valence-corrected chi connectivity index (χ2v) is 6.75. The number of halogens is 2. The van der Waals surface area contributed by atoms with Crippen molar-refractivity contribution in [3.63, 3.8) is 0 Å². The van der Waals surface area contributed by atoms with Crippen molar-refractivity contribution in [1.29, 1.82) is 0 Å². The summed E-state index contributed by atoms with van der Waals surface area (Å²) in [6, 6.07) is 8.87. The van der Waals surface area contributed by atoms with Crippen molar-refractivity contribution in [3.05, 3.63) is 46.0 Å². The number of hydrogen-bond acceptors (Lipinski definition) is 3. The van der Waals surface area contributed by atoms with Gasteiger partial charge in [0, 0.05) is 22.7 Å². The first-order chi connectivity index (χ1) is 11.5. The van der Waals surface area contributed by atoms with Crippen LogP contribution in [0.2, 0.25) is 5.02 Å². The lowest BCUT2D eigenvalue weighted by molar-refractivity contribution is 0.250. The molecule has 8 heteroatoms. The summed E-state index contributed by atoms with van der Waals surface area (Å²) in [4.78, 5) is 16.7. The van der Waals surface area contributed by atoms with E-state index < -0.39 is 0 Å². The average molecular weight is 409 g/mol. The number of fused-ring (bicyclic) bond motifs is 1. The lowest BCUT2D eigenvalue weighted by atomic mass is 10.1. The highest BCUT2D eigenvalue weighted by Crippen LogP contribution is 2.30. The van der Waals surface area contributed by atoms with Gasteiger partial charge in [-0.1, -0.05) is 29.8 Å². The van der Waals surface area contributed by atoms with Gasteiger partial charge in [-0.05, 0) is 35.8 Å². The molecule has 1 aromatic carbocycles. The summed E-state index contributed by atoms with van der Waals surface area (Å²) in [7, 11) is 0. The second kappa shape index (κ2) is 6.78. The lowest BCUT2D eigenvalue weighted by Crippen LogP contribution is -2.34. The Hall–Kier alpha value is -2.12. The molecule has 124 valence electrons. The van der Waals surface area contributed by atoms with E-state index in [1.807, 2.05) is 32.0 Å². The number of benzene rings is 1. The Bertz CT molecular complexity index is 909. The van der Waals surface area contributed by atoms with Gasteiger partial charge < -0.3 is 5.32 Å². The van der Waals surface area contributed by atoms with Crippen molar-refractivity contribution in [2.45, 2.75) is 19.9 Å². The lowest BCUT2D eigenvalue weighted by Gasteiger charge is -2.13. The van der Waals surface area contributed by atoms with E-state index in [0.717, 1.165) is 10.0 Å². The van der Waals surface area contributed by atoms with Gasteiger partial charge in [0.1, 0.15) is 5.82 Å². The van der Waals surface area contributed by atoms with Crippen molar-refractivity contribution >= 4 is 45.0 Å². The van der Waals surface area contributed by atoms with Crippen LogP contribution in [0.3, 0.4) is 0 Å². The highest BCUT2D eigenvalue weighted by Gasteiger charge is 2.15. The molecule has 3 aromatic rings. The van der Waals surface area contributed by atoms with Crippen LogP contribution in [0, 0.1) is 0 Å². The molecule has 6 nitrogen and oxygen atoms in total. The summed E-state index contributed by atoms with van der Waals surface area (Å²) >= 11 is 9.70. The Balaban J connectivity index is 2.11. The largest absolute Gasteiger partial charge is 0.336 e. The average Bonchev–Trinajstić information content (AvgIpc) is 2.88. The highest BCUT2D eigenvalue weighted by molar-refractivity contribution is 9.10. The molecule has 0 radical (unpaired) electrons. The number of nitrogens with one attached hydrogen (secondary N) is 2. The number of aromatic nitrogens is 3. The zero-order chi connectivity index (χ0) is 17.3. The maximum Gasteiger partial charge on any atom is 0.320 e. The maximum atomic E-state index is 12.1. The second-order valence-electron chi connectivity index (χ2n) is 5.49. The van der Waals surface area contributed by atoms with Gasteiger partial charge in [-0.3, -0.25) is 5.32 Å². The standard InChI is InChI=1S/C16H15BrClN5O/c1-9(2)20-16(24)22-14-7-13(10-5-3-4-6-12(10)18)21-15-11(17)8-19-23(14)15/h3-9H,1-2H3,(H2,20,22,24). The number of rotatable bonds is 3. The molecule has 2 heterocycles. The number of amides is 2. The predicted octanol–water partition coefficient (Wildman–Crippen LogP) is 4.34. The molecule has 0 aliphatic carbocycles. The first-order valence-electron chi connectivity index (χ1n) is 7.32. The number of carbonyl (C=O) groups excluding carboxylic acids is 1. The van der Waals surface area contributed by atoms with Gasteiger partial charge in [0.15, 0.2) is 5.65 Å². The summed E-state index contributed by atoms with van der Waals surface area (Å²) in [6.45, 7) is 3.78. The van der Waals surface area contributed by atoms with Crippen molar-refractivity contribution < 1.29 is 4.79 Å². The molecule has 0 unspecified atom stereocenters. The quantitative estimate of drug-likeness (QED) is 0.677. The van der Waals surface area contributed by atoms with Gasteiger partial charge in [0.2, 0.25) is 0 Å². The number of anilines is 1. The normalized spacial score (nSPS) is 11.0. The molecular formula is C16H15BrClN5O. The zero-order valence-electron chi connectivity index (χ0n) is 13.0. The third kappa shape index (κ3) is 3.37. The predicted molar refractivity (Wildman–Crippen MR) is 98.4 cm³/mol. The van der Waals surface area contributed by atoms with E-state index in [0.29, 0.717) is 22.2 Å². The van der Waals surface area contributed by atoms with E-state index in [-0.39, 0.29) is 12.1 Å². The molecule has 24 heavy (non-hydrogen) atoms. The molecule has 2 N–H and O–H groups in total. The number of nitrogens with zero attached hydrogens (tertiary/aromatic N) is 3. The highest BCUT2D eigenvalue weighted by atomic mass is 79.9. The third-order valence-electron chi connectivity index (χ3n) is 3.24. The molecule has 0 aliphatic heterocycles. The van der Waals surface area contributed by atoms with Crippen LogP contribution in [0.5, 0.6) is 0 Å². The first kappa shape index (κ1) is 16.7. The fraction of sp³-hybridized carbons (Fsp3) is 0.188. The van der Waals surface area contributed by atoms with Crippen LogP contribution in [0.15, 0.2) is 41.0 Å². The molecule has 3 rings (SSSR count). The van der Waals surface area contributed by atoms with Crippen LogP contribution >= 0.6 is 27.5 Å². The van der Waals surface area contributed by atoms with Crippen LogP contribution in [0.1, 0.15) is 13.8 Å². The molecule has 0 spiro atoms. The minimum atomic E-state index is -0.311. The fourth-order valence-corrected chi connectivity index (χ4v) is 2.83. The SMILES string of the molecule is CC(C)NC(=O)Nc1cc(-c2ccccc2Cl)nc2c(Br)cnn12. The fourth-order valence-electron chi connectivity index (χ4n) is 2.25. The van der Waals surface area contributed by atoms with Gasteiger partial charge >= 0.3 is 6.03 Å². The number of hydrogen-bond donors (Lipinski definition) is 2. The van der Waals surface area contributed by atoms with Crippen LogP contribution in [0.4, 0.5) is 10.6 Å². The zero-order valence-corrected chi connectivity index (χ0v) is 15.4. The monoisotopic (exact) mass is 407 g/mol. The Labute approximate surface area is 152 Å². The maximum absolute atomic E-state index is 12.1. The molecule has 0 saturated heterocycles. The minimum Gasteiger partial charge on any atom is -0.336 e. The Morgan fingerprint density at radius 1 is 1.33 bits per heavy atom. The van der Waals surface area contributed by atoms with Gasteiger partial charge in [0.25, 0.3) is 0 Å². The summed E-state index contributed by atoms with van der Waals surface area (Å²) < 4.78 is 2.29. The first-order valence-corrected chi connectivity index (χ1v) is 8.49. The number of urea groups is 1. The summed E-state index contributed by atoms with van der Waals surface area (Å²) in [5.74, 6) is 0.499. The summed E-state index contributed by atoms with van der Waals surface area (Å²) in [5, 5.41) is 10.4. The van der Waals surface area contributed by atoms with Gasteiger partial charge in [-0.25, -0.2) is 9.78 Å². The van der Waals surface area contributed by atoms with Crippen LogP contribution < -0.4 is 10.6 Å². The molecule has 2 amide bonds. The Kier molecular flexibility index (Phi) is 4.73. The van der Waals surface area contributed by atoms with Gasteiger partial charge in [-0.15, -0.1) is 0 Å². The topological polar surface area (TPSA) is 71.3 Å². The van der Waals surface area contributed by atoms with E-state index >= 15 is 0 Å². The van der Waals surface area contributed by atoms with Crippen LogP contribution in [-0.4, -0.2) is 26.7 Å². The molecule has 0 bridgehead atoms. The Morgan fingerprint density at radius 2 is 2.08 bits per heavy atom. The molecule has 0 atom stereocenters. The summed E-state index contributed by atoms with van der Waals surface area (Å²) in [5.41, 5.74) is 2.02. The van der Waals surface area contributed by atoms with E-state index in [1.165, 1.54) is 0 Å². The molecule has 0 fully saturated rings. The van der Waals surface area contributed by atoms with Crippen LogP contribution in [0.25, 0.3) is 16.9 Å². The van der Waals surface area contributed by atoms with Gasteiger partial charge in [0.05, 0.1) is 16.4 Å². The molecule has 0 saturated carbocycles. The van der Waals surface area contributed by atoms with Crippen molar-refractivity contribution in [2.75, 3.05) is 5.32 Å². The van der Waals surface area contributed by atoms with Crippen molar-refractivity contribution in [2.24, 2.45) is 0 Å². The molecule has 0 aliphatic rings. The third-order valence-corrected chi connectivity index (χ3v) is 4.13. The van der Waals surface area contributed by atoms with E-state index in [2.05, 4.69) is 36.6 Å². The van der Waals surface area contributed by atoms with Gasteiger partial charge in [-0.2, -0.15) is 9.61 Å². The van der Waals surface area contributed by atoms with E-state index in [1.54, 1.807) is 22.8 Å². The van der Waals surface area contributed by atoms with E-state index in [9.17, 15) is 4.79 Å². The molecular weight excluding hydrogens is 394 g/mol. The van der Waals surface area contributed by atoms with Crippen LogP contribution in [-0.2, 0) is 0 Å². The molecule has 2 aromatic heterocycles. The van der Waals surface area contributed by atoms with Crippen molar-refractivity contribution in [1.82, 2.24) is 19.9 Å². The van der Waals surface area contributed by atoms with E-state index in [4.69, 9.17) is 11.6 Å². The number of carbonyl (C=O) groups is 1. The Morgan fingerprint density at radius 3 is 2.79 bits per heavy atom. The summed E-state index contributed by atoms with van der Waals surface area (Å²) in [6.07, 6.45) is 1.63. The minimum absolute atomic E-state index is 0.0229. The smallest absolute Gasteiger partial charge is 0.320 e.